The van der Waals surface area contributed by atoms with Crippen LogP contribution in [0.1, 0.15) is 28.8 Å². The van der Waals surface area contributed by atoms with E-state index in [9.17, 15) is 4.79 Å². The smallest absolute Gasteiger partial charge is 0.251 e. The van der Waals surface area contributed by atoms with Gasteiger partial charge in [0.05, 0.1) is 0 Å². The van der Waals surface area contributed by atoms with E-state index in [2.05, 4.69) is 20.2 Å². The Labute approximate surface area is 147 Å². The molecule has 1 aliphatic heterocycles. The van der Waals surface area contributed by atoms with Gasteiger partial charge in [-0.2, -0.15) is 0 Å². The van der Waals surface area contributed by atoms with Gasteiger partial charge in [-0.05, 0) is 36.6 Å². The van der Waals surface area contributed by atoms with Crippen LogP contribution in [0.5, 0.6) is 0 Å². The molecule has 0 bridgehead atoms. The number of hydrogen-bond acceptors (Lipinski definition) is 5. The Morgan fingerprint density at radius 1 is 1.25 bits per heavy atom. The Morgan fingerprint density at radius 2 is 1.96 bits per heavy atom. The lowest BCUT2D eigenvalue weighted by Crippen LogP contribution is -2.48. The summed E-state index contributed by atoms with van der Waals surface area (Å²) in [6.45, 7) is 2.13. The van der Waals surface area contributed by atoms with Crippen molar-refractivity contribution in [2.24, 2.45) is 5.73 Å². The van der Waals surface area contributed by atoms with Gasteiger partial charge in [0.2, 0.25) is 5.95 Å². The molecule has 1 amide bonds. The third kappa shape index (κ3) is 4.43. The van der Waals surface area contributed by atoms with Gasteiger partial charge in [-0.3, -0.25) is 4.79 Å². The summed E-state index contributed by atoms with van der Waals surface area (Å²) in [4.78, 5) is 23.0. The van der Waals surface area contributed by atoms with Gasteiger partial charge in [0.25, 0.3) is 5.91 Å². The minimum Gasteiger partial charge on any atom is -0.348 e. The standard InChI is InChI=1S/C17H21N5O.ClH/c18-11-13-4-6-14(7-5-13)16(23)21-15-3-1-10-22(12-15)17-19-8-2-9-20-17;/h2,4-9,15H,1,3,10-12,18H2,(H,21,23);1H. The number of nitrogens with zero attached hydrogens (tertiary/aromatic N) is 3. The molecule has 1 aromatic heterocycles. The van der Waals surface area contributed by atoms with Crippen LogP contribution in [0.3, 0.4) is 0 Å². The van der Waals surface area contributed by atoms with Gasteiger partial charge in [-0.25, -0.2) is 9.97 Å². The zero-order valence-corrected chi connectivity index (χ0v) is 14.2. The molecule has 1 saturated heterocycles. The third-order valence-corrected chi connectivity index (χ3v) is 4.04. The van der Waals surface area contributed by atoms with Crippen molar-refractivity contribution in [1.29, 1.82) is 0 Å². The summed E-state index contributed by atoms with van der Waals surface area (Å²) in [6.07, 6.45) is 5.46. The molecule has 0 saturated carbocycles. The second kappa shape index (κ2) is 8.61. The number of carbonyl (C=O) groups excluding carboxylic acids is 1. The van der Waals surface area contributed by atoms with E-state index in [1.807, 2.05) is 24.3 Å². The monoisotopic (exact) mass is 347 g/mol. The van der Waals surface area contributed by atoms with E-state index >= 15 is 0 Å². The minimum atomic E-state index is -0.0469. The molecule has 1 aromatic carbocycles. The average Bonchev–Trinajstić information content (AvgIpc) is 2.63. The Morgan fingerprint density at radius 3 is 2.62 bits per heavy atom. The van der Waals surface area contributed by atoms with Crippen LogP contribution in [-0.2, 0) is 6.54 Å². The molecule has 1 unspecified atom stereocenters. The third-order valence-electron chi connectivity index (χ3n) is 4.04. The number of anilines is 1. The number of aromatic nitrogens is 2. The van der Waals surface area contributed by atoms with Crippen LogP contribution in [0, 0.1) is 0 Å². The summed E-state index contributed by atoms with van der Waals surface area (Å²) in [5.74, 6) is 0.674. The lowest BCUT2D eigenvalue weighted by molar-refractivity contribution is 0.0933. The number of hydrogen-bond donors (Lipinski definition) is 2. The summed E-state index contributed by atoms with van der Waals surface area (Å²) in [6, 6.07) is 9.32. The van der Waals surface area contributed by atoms with Crippen LogP contribution in [-0.4, -0.2) is 35.0 Å². The van der Waals surface area contributed by atoms with Gasteiger partial charge in [-0.1, -0.05) is 12.1 Å². The minimum absolute atomic E-state index is 0. The second-order valence-corrected chi connectivity index (χ2v) is 5.71. The van der Waals surface area contributed by atoms with Gasteiger partial charge >= 0.3 is 0 Å². The first-order valence-corrected chi connectivity index (χ1v) is 7.88. The molecule has 7 heteroatoms. The normalized spacial score (nSPS) is 17.0. The van der Waals surface area contributed by atoms with Crippen molar-refractivity contribution in [3.05, 3.63) is 53.9 Å². The lowest BCUT2D eigenvalue weighted by Gasteiger charge is -2.33. The fourth-order valence-corrected chi connectivity index (χ4v) is 2.79. The maximum Gasteiger partial charge on any atom is 0.251 e. The number of carbonyl (C=O) groups is 1. The predicted octanol–water partition coefficient (Wildman–Crippen LogP) is 1.76. The summed E-state index contributed by atoms with van der Waals surface area (Å²) < 4.78 is 0. The van der Waals surface area contributed by atoms with E-state index in [0.29, 0.717) is 12.1 Å². The number of piperidine rings is 1. The van der Waals surface area contributed by atoms with Crippen molar-refractivity contribution < 1.29 is 4.79 Å². The van der Waals surface area contributed by atoms with E-state index in [4.69, 9.17) is 5.73 Å². The molecule has 1 atom stereocenters. The summed E-state index contributed by atoms with van der Waals surface area (Å²) in [5.41, 5.74) is 7.26. The summed E-state index contributed by atoms with van der Waals surface area (Å²) >= 11 is 0. The average molecular weight is 348 g/mol. The molecule has 6 nitrogen and oxygen atoms in total. The first-order valence-electron chi connectivity index (χ1n) is 7.88. The van der Waals surface area contributed by atoms with Crippen molar-refractivity contribution in [3.8, 4) is 0 Å². The van der Waals surface area contributed by atoms with Crippen molar-refractivity contribution >= 4 is 24.3 Å². The van der Waals surface area contributed by atoms with Crippen molar-refractivity contribution in [3.63, 3.8) is 0 Å². The van der Waals surface area contributed by atoms with Crippen LogP contribution in [0.2, 0.25) is 0 Å². The Hall–Kier alpha value is -2.18. The van der Waals surface area contributed by atoms with Gasteiger partial charge in [-0.15, -0.1) is 12.4 Å². The van der Waals surface area contributed by atoms with Crippen LogP contribution >= 0.6 is 12.4 Å². The topological polar surface area (TPSA) is 84.1 Å². The molecule has 2 aromatic rings. The van der Waals surface area contributed by atoms with E-state index in [0.717, 1.165) is 37.4 Å². The fourth-order valence-electron chi connectivity index (χ4n) is 2.79. The predicted molar refractivity (Wildman–Crippen MR) is 96.3 cm³/mol. The first-order chi connectivity index (χ1) is 11.3. The highest BCUT2D eigenvalue weighted by molar-refractivity contribution is 5.94. The Balaban J connectivity index is 0.00000208. The highest BCUT2D eigenvalue weighted by Gasteiger charge is 2.23. The quantitative estimate of drug-likeness (QED) is 0.880. The number of nitrogens with two attached hydrogens (primary N) is 1. The molecule has 1 fully saturated rings. The van der Waals surface area contributed by atoms with Crippen LogP contribution in [0.4, 0.5) is 5.95 Å². The number of rotatable bonds is 4. The van der Waals surface area contributed by atoms with E-state index in [-0.39, 0.29) is 24.4 Å². The molecular formula is C17H22ClN5O. The highest BCUT2D eigenvalue weighted by Crippen LogP contribution is 2.15. The van der Waals surface area contributed by atoms with E-state index < -0.39 is 0 Å². The number of amides is 1. The van der Waals surface area contributed by atoms with Crippen molar-refractivity contribution in [1.82, 2.24) is 15.3 Å². The van der Waals surface area contributed by atoms with Crippen LogP contribution < -0.4 is 16.0 Å². The SMILES string of the molecule is Cl.NCc1ccc(C(=O)NC2CCCN(c3ncccn3)C2)cc1. The summed E-state index contributed by atoms with van der Waals surface area (Å²) in [5, 5.41) is 3.10. The van der Waals surface area contributed by atoms with E-state index in [1.165, 1.54) is 0 Å². The zero-order valence-electron chi connectivity index (χ0n) is 13.4. The zero-order chi connectivity index (χ0) is 16.1. The molecule has 1 aliphatic rings. The molecule has 24 heavy (non-hydrogen) atoms. The molecular weight excluding hydrogens is 326 g/mol. The van der Waals surface area contributed by atoms with Crippen LogP contribution in [0.15, 0.2) is 42.7 Å². The van der Waals surface area contributed by atoms with Crippen LogP contribution in [0.25, 0.3) is 0 Å². The van der Waals surface area contributed by atoms with Gasteiger partial charge < -0.3 is 16.0 Å². The lowest BCUT2D eigenvalue weighted by atomic mass is 10.0. The largest absolute Gasteiger partial charge is 0.348 e. The van der Waals surface area contributed by atoms with Crippen molar-refractivity contribution in [2.45, 2.75) is 25.4 Å². The van der Waals surface area contributed by atoms with Crippen molar-refractivity contribution in [2.75, 3.05) is 18.0 Å². The Kier molecular flexibility index (Phi) is 6.52. The van der Waals surface area contributed by atoms with Gasteiger partial charge in [0.1, 0.15) is 0 Å². The maximum absolute atomic E-state index is 12.4. The Bertz CT molecular complexity index is 650. The van der Waals surface area contributed by atoms with Gasteiger partial charge in [0, 0.05) is 43.6 Å². The molecule has 3 N–H and O–H groups in total. The number of halogens is 1. The first kappa shape index (κ1) is 18.2. The molecule has 2 heterocycles. The molecule has 3 rings (SSSR count). The molecule has 0 spiro atoms. The molecule has 0 aliphatic carbocycles. The number of nitrogens with one attached hydrogen (secondary N) is 1. The molecule has 128 valence electrons. The fraction of sp³-hybridized carbons (Fsp3) is 0.353. The number of benzene rings is 1. The van der Waals surface area contributed by atoms with Gasteiger partial charge in [0.15, 0.2) is 0 Å². The highest BCUT2D eigenvalue weighted by atomic mass is 35.5. The second-order valence-electron chi connectivity index (χ2n) is 5.71. The summed E-state index contributed by atoms with van der Waals surface area (Å²) in [7, 11) is 0. The maximum atomic E-state index is 12.4. The van der Waals surface area contributed by atoms with E-state index in [1.54, 1.807) is 18.5 Å². The molecule has 0 radical (unpaired) electrons.